The first kappa shape index (κ1) is 17.4. The minimum absolute atomic E-state index is 1.05. The lowest BCUT2D eigenvalue weighted by Gasteiger charge is -2.02. The zero-order valence-electron chi connectivity index (χ0n) is 11.8. The van der Waals surface area contributed by atoms with Crippen LogP contribution < -0.4 is 0 Å². The summed E-state index contributed by atoms with van der Waals surface area (Å²) in [4.78, 5) is 0. The van der Waals surface area contributed by atoms with Crippen molar-refractivity contribution in [3.8, 4) is 0 Å². The summed E-state index contributed by atoms with van der Waals surface area (Å²) in [5.74, 6) is 1.24. The summed E-state index contributed by atoms with van der Waals surface area (Å²) < 4.78 is 1.18. The molecule has 2 heteroatoms. The van der Waals surface area contributed by atoms with Crippen LogP contribution in [0.15, 0.2) is 0 Å². The van der Waals surface area contributed by atoms with Crippen LogP contribution in [0.3, 0.4) is 0 Å². The van der Waals surface area contributed by atoms with Gasteiger partial charge in [0, 0.05) is 4.20 Å². The second kappa shape index (κ2) is 14.5. The SMILES string of the molecule is CCCCCCCCCCCCSC(=S)CC. The second-order valence-electron chi connectivity index (χ2n) is 4.76. The average molecular weight is 275 g/mol. The van der Waals surface area contributed by atoms with Crippen molar-refractivity contribution in [1.29, 1.82) is 0 Å². The molecule has 0 saturated heterocycles. The fourth-order valence-electron chi connectivity index (χ4n) is 1.88. The Balaban J connectivity index is 2.96. The Bertz CT molecular complexity index is 166. The van der Waals surface area contributed by atoms with Gasteiger partial charge in [0.05, 0.1) is 0 Å². The molecule has 102 valence electrons. The third-order valence-electron chi connectivity index (χ3n) is 3.05. The monoisotopic (exact) mass is 274 g/mol. The van der Waals surface area contributed by atoms with Gasteiger partial charge in [-0.3, -0.25) is 0 Å². The summed E-state index contributed by atoms with van der Waals surface area (Å²) >= 11 is 7.07. The number of unbranched alkanes of at least 4 members (excludes halogenated alkanes) is 9. The van der Waals surface area contributed by atoms with Crippen LogP contribution in [0.25, 0.3) is 0 Å². The molecular formula is C15H30S2. The van der Waals surface area contributed by atoms with Crippen molar-refractivity contribution in [1.82, 2.24) is 0 Å². The molecule has 0 saturated carbocycles. The zero-order chi connectivity index (χ0) is 12.8. The third-order valence-corrected chi connectivity index (χ3v) is 4.80. The lowest BCUT2D eigenvalue weighted by molar-refractivity contribution is 0.563. The van der Waals surface area contributed by atoms with Crippen molar-refractivity contribution in [2.75, 3.05) is 5.75 Å². The highest BCUT2D eigenvalue weighted by Crippen LogP contribution is 2.14. The predicted molar refractivity (Wildman–Crippen MR) is 87.2 cm³/mol. The summed E-state index contributed by atoms with van der Waals surface area (Å²) in [5, 5.41) is 0. The van der Waals surface area contributed by atoms with Gasteiger partial charge in [-0.15, -0.1) is 11.8 Å². The van der Waals surface area contributed by atoms with E-state index in [1.54, 1.807) is 0 Å². The predicted octanol–water partition coefficient (Wildman–Crippen LogP) is 6.38. The van der Waals surface area contributed by atoms with Crippen LogP contribution in [0.5, 0.6) is 0 Å². The molecule has 0 aliphatic carbocycles. The largest absolute Gasteiger partial charge is 0.119 e. The van der Waals surface area contributed by atoms with E-state index in [1.165, 1.54) is 74.2 Å². The number of thiocarbonyl (C=S) groups is 1. The molecule has 0 amide bonds. The Morgan fingerprint density at radius 1 is 0.765 bits per heavy atom. The van der Waals surface area contributed by atoms with Crippen LogP contribution in [-0.4, -0.2) is 9.95 Å². The standard InChI is InChI=1S/C15H30S2/c1-3-5-6-7-8-9-10-11-12-13-14-17-15(16)4-2/h3-14H2,1-2H3. The summed E-state index contributed by atoms with van der Waals surface area (Å²) in [5.41, 5.74) is 0. The van der Waals surface area contributed by atoms with Crippen LogP contribution in [0, 0.1) is 0 Å². The molecule has 0 spiro atoms. The first-order valence-electron chi connectivity index (χ1n) is 7.46. The highest BCUT2D eigenvalue weighted by Gasteiger charge is 1.95. The molecule has 17 heavy (non-hydrogen) atoms. The van der Waals surface area contributed by atoms with Gasteiger partial charge in [-0.25, -0.2) is 0 Å². The number of thioether (sulfide) groups is 1. The smallest absolute Gasteiger partial charge is 0.0475 e. The first-order chi connectivity index (χ1) is 8.31. The maximum Gasteiger partial charge on any atom is 0.0475 e. The second-order valence-corrected chi connectivity index (χ2v) is 6.70. The van der Waals surface area contributed by atoms with Crippen LogP contribution in [0.2, 0.25) is 0 Å². The van der Waals surface area contributed by atoms with E-state index in [0.29, 0.717) is 0 Å². The molecule has 0 nitrogen and oxygen atoms in total. The fraction of sp³-hybridized carbons (Fsp3) is 0.933. The van der Waals surface area contributed by atoms with E-state index in [1.807, 2.05) is 11.8 Å². The van der Waals surface area contributed by atoms with Gasteiger partial charge < -0.3 is 0 Å². The topological polar surface area (TPSA) is 0 Å². The molecule has 0 aliphatic rings. The van der Waals surface area contributed by atoms with Crippen molar-refractivity contribution in [3.63, 3.8) is 0 Å². The molecule has 0 aromatic rings. The number of hydrogen-bond acceptors (Lipinski definition) is 2. The van der Waals surface area contributed by atoms with Crippen molar-refractivity contribution < 1.29 is 0 Å². The molecular weight excluding hydrogens is 244 g/mol. The molecule has 0 radical (unpaired) electrons. The highest BCUT2D eigenvalue weighted by molar-refractivity contribution is 8.23. The third kappa shape index (κ3) is 14.4. The fourth-order valence-corrected chi connectivity index (χ4v) is 2.91. The van der Waals surface area contributed by atoms with Crippen LogP contribution in [0.4, 0.5) is 0 Å². The Morgan fingerprint density at radius 2 is 1.24 bits per heavy atom. The van der Waals surface area contributed by atoms with E-state index >= 15 is 0 Å². The molecule has 0 unspecified atom stereocenters. The van der Waals surface area contributed by atoms with Crippen molar-refractivity contribution in [2.24, 2.45) is 0 Å². The Hall–Kier alpha value is 0.440. The van der Waals surface area contributed by atoms with Crippen molar-refractivity contribution >= 4 is 28.2 Å². The number of hydrogen-bond donors (Lipinski definition) is 0. The minimum atomic E-state index is 1.05. The van der Waals surface area contributed by atoms with E-state index in [9.17, 15) is 0 Å². The van der Waals surface area contributed by atoms with Crippen molar-refractivity contribution in [3.05, 3.63) is 0 Å². The van der Waals surface area contributed by atoms with Gasteiger partial charge in [0.25, 0.3) is 0 Å². The van der Waals surface area contributed by atoms with Gasteiger partial charge in [0.15, 0.2) is 0 Å². The van der Waals surface area contributed by atoms with E-state index in [2.05, 4.69) is 13.8 Å². The van der Waals surface area contributed by atoms with E-state index in [4.69, 9.17) is 12.2 Å². The Kier molecular flexibility index (Phi) is 14.9. The molecule has 0 N–H and O–H groups in total. The van der Waals surface area contributed by atoms with Gasteiger partial charge in [-0.05, 0) is 18.6 Å². The Labute approximate surface area is 118 Å². The van der Waals surface area contributed by atoms with E-state index in [0.717, 1.165) is 6.42 Å². The molecule has 0 rings (SSSR count). The molecule has 0 fully saturated rings. The summed E-state index contributed by atoms with van der Waals surface area (Å²) in [7, 11) is 0. The lowest BCUT2D eigenvalue weighted by atomic mass is 10.1. The van der Waals surface area contributed by atoms with Gasteiger partial charge in [-0.1, -0.05) is 83.9 Å². The zero-order valence-corrected chi connectivity index (χ0v) is 13.4. The van der Waals surface area contributed by atoms with Gasteiger partial charge in [-0.2, -0.15) is 0 Å². The lowest BCUT2D eigenvalue weighted by Crippen LogP contribution is -1.88. The maximum absolute atomic E-state index is 5.19. The normalized spacial score (nSPS) is 10.7. The molecule has 0 aromatic carbocycles. The summed E-state index contributed by atoms with van der Waals surface area (Å²) in [6.45, 7) is 4.43. The molecule has 0 heterocycles. The quantitative estimate of drug-likeness (QED) is 0.299. The summed E-state index contributed by atoms with van der Waals surface area (Å²) in [6, 6.07) is 0. The Morgan fingerprint density at radius 3 is 1.71 bits per heavy atom. The number of rotatable bonds is 12. The average Bonchev–Trinajstić information content (AvgIpc) is 2.35. The van der Waals surface area contributed by atoms with Crippen LogP contribution in [-0.2, 0) is 0 Å². The van der Waals surface area contributed by atoms with E-state index < -0.39 is 0 Å². The van der Waals surface area contributed by atoms with Crippen LogP contribution >= 0.6 is 24.0 Å². The van der Waals surface area contributed by atoms with Crippen molar-refractivity contribution in [2.45, 2.75) is 84.5 Å². The van der Waals surface area contributed by atoms with Gasteiger partial charge >= 0.3 is 0 Å². The van der Waals surface area contributed by atoms with E-state index in [-0.39, 0.29) is 0 Å². The molecule has 0 aromatic heterocycles. The first-order valence-corrected chi connectivity index (χ1v) is 8.86. The summed E-state index contributed by atoms with van der Waals surface area (Å²) in [6.07, 6.45) is 15.2. The minimum Gasteiger partial charge on any atom is -0.119 e. The maximum atomic E-state index is 5.19. The molecule has 0 aliphatic heterocycles. The van der Waals surface area contributed by atoms with Gasteiger partial charge in [0.1, 0.15) is 0 Å². The van der Waals surface area contributed by atoms with Gasteiger partial charge in [0.2, 0.25) is 0 Å². The molecule has 0 bridgehead atoms. The molecule has 0 atom stereocenters. The van der Waals surface area contributed by atoms with Crippen LogP contribution in [0.1, 0.15) is 84.5 Å². The highest BCUT2D eigenvalue weighted by atomic mass is 32.2.